The monoisotopic (exact) mass is 320 g/mol. The van der Waals surface area contributed by atoms with Crippen LogP contribution in [0.1, 0.15) is 13.8 Å². The fourth-order valence-corrected chi connectivity index (χ4v) is 2.07. The van der Waals surface area contributed by atoms with Gasteiger partial charge in [0, 0.05) is 34.5 Å². The first kappa shape index (κ1) is 12.2. The van der Waals surface area contributed by atoms with E-state index in [1.54, 1.807) is 12.1 Å². The highest BCUT2D eigenvalue weighted by molar-refractivity contribution is 14.1. The smallest absolute Gasteiger partial charge is 0.272 e. The van der Waals surface area contributed by atoms with Gasteiger partial charge in [0.25, 0.3) is 5.69 Å². The SMILES string of the molecule is CCN(CC)c1cc(I)cc([N+](=O)[O-])c1. The van der Waals surface area contributed by atoms with Crippen molar-refractivity contribution in [1.29, 1.82) is 0 Å². The van der Waals surface area contributed by atoms with Gasteiger partial charge >= 0.3 is 0 Å². The summed E-state index contributed by atoms with van der Waals surface area (Å²) in [6.07, 6.45) is 0. The van der Waals surface area contributed by atoms with E-state index in [2.05, 4.69) is 27.5 Å². The van der Waals surface area contributed by atoms with Crippen molar-refractivity contribution in [2.75, 3.05) is 18.0 Å². The second kappa shape index (κ2) is 5.29. The van der Waals surface area contributed by atoms with E-state index in [-0.39, 0.29) is 10.6 Å². The maximum Gasteiger partial charge on any atom is 0.272 e. The highest BCUT2D eigenvalue weighted by Crippen LogP contribution is 2.24. The Labute approximate surface area is 103 Å². The van der Waals surface area contributed by atoms with E-state index < -0.39 is 0 Å². The lowest BCUT2D eigenvalue weighted by molar-refractivity contribution is -0.384. The first-order chi connectivity index (χ1) is 7.08. The average Bonchev–Trinajstić information content (AvgIpc) is 2.18. The number of nitro benzene ring substituents is 1. The van der Waals surface area contributed by atoms with Crippen LogP contribution in [0.5, 0.6) is 0 Å². The minimum atomic E-state index is -0.352. The normalized spacial score (nSPS) is 10.1. The summed E-state index contributed by atoms with van der Waals surface area (Å²) in [4.78, 5) is 12.4. The Morgan fingerprint density at radius 2 is 1.93 bits per heavy atom. The summed E-state index contributed by atoms with van der Waals surface area (Å²) in [5.41, 5.74) is 1.07. The third-order valence-corrected chi connectivity index (χ3v) is 2.83. The predicted octanol–water partition coefficient (Wildman–Crippen LogP) is 3.05. The van der Waals surface area contributed by atoms with Crippen LogP contribution in [0.2, 0.25) is 0 Å². The van der Waals surface area contributed by atoms with Crippen molar-refractivity contribution in [2.24, 2.45) is 0 Å². The van der Waals surface area contributed by atoms with Crippen molar-refractivity contribution in [3.8, 4) is 0 Å². The molecule has 0 heterocycles. The molecule has 0 bridgehead atoms. The lowest BCUT2D eigenvalue weighted by atomic mass is 10.2. The number of anilines is 1. The zero-order chi connectivity index (χ0) is 11.4. The zero-order valence-electron chi connectivity index (χ0n) is 8.74. The lowest BCUT2D eigenvalue weighted by Crippen LogP contribution is -2.21. The topological polar surface area (TPSA) is 46.4 Å². The van der Waals surface area contributed by atoms with Gasteiger partial charge in [-0.05, 0) is 42.5 Å². The van der Waals surface area contributed by atoms with E-state index in [1.165, 1.54) is 0 Å². The van der Waals surface area contributed by atoms with Crippen LogP contribution in [-0.4, -0.2) is 18.0 Å². The molecule has 0 atom stereocenters. The third-order valence-electron chi connectivity index (χ3n) is 2.21. The molecule has 0 amide bonds. The van der Waals surface area contributed by atoms with E-state index >= 15 is 0 Å². The van der Waals surface area contributed by atoms with E-state index in [0.29, 0.717) is 0 Å². The Balaban J connectivity index is 3.13. The molecule has 0 radical (unpaired) electrons. The quantitative estimate of drug-likeness (QED) is 0.487. The number of halogens is 1. The molecule has 0 fully saturated rings. The molecule has 0 aliphatic rings. The molecule has 82 valence electrons. The van der Waals surface area contributed by atoms with Gasteiger partial charge in [-0.25, -0.2) is 0 Å². The maximum absolute atomic E-state index is 10.7. The van der Waals surface area contributed by atoms with Gasteiger partial charge in [0.2, 0.25) is 0 Å². The van der Waals surface area contributed by atoms with Crippen LogP contribution >= 0.6 is 22.6 Å². The van der Waals surface area contributed by atoms with E-state index in [9.17, 15) is 10.1 Å². The Hall–Kier alpha value is -0.850. The Kier molecular flexibility index (Phi) is 4.31. The van der Waals surface area contributed by atoms with E-state index in [1.807, 2.05) is 19.9 Å². The molecule has 0 unspecified atom stereocenters. The molecule has 0 N–H and O–H groups in total. The number of hydrogen-bond acceptors (Lipinski definition) is 3. The molecule has 0 aliphatic heterocycles. The Morgan fingerprint density at radius 1 is 1.33 bits per heavy atom. The van der Waals surface area contributed by atoms with Gasteiger partial charge < -0.3 is 4.90 Å². The molecule has 15 heavy (non-hydrogen) atoms. The van der Waals surface area contributed by atoms with Crippen molar-refractivity contribution in [3.05, 3.63) is 31.9 Å². The van der Waals surface area contributed by atoms with Crippen molar-refractivity contribution in [2.45, 2.75) is 13.8 Å². The Bertz CT molecular complexity index is 364. The molecular weight excluding hydrogens is 307 g/mol. The molecule has 1 aromatic carbocycles. The zero-order valence-corrected chi connectivity index (χ0v) is 10.9. The van der Waals surface area contributed by atoms with Crippen molar-refractivity contribution < 1.29 is 4.92 Å². The van der Waals surface area contributed by atoms with Gasteiger partial charge in [0.05, 0.1) is 4.92 Å². The van der Waals surface area contributed by atoms with Gasteiger partial charge in [-0.15, -0.1) is 0 Å². The van der Waals surface area contributed by atoms with Crippen molar-refractivity contribution in [1.82, 2.24) is 0 Å². The molecule has 1 aromatic rings. The van der Waals surface area contributed by atoms with Crippen LogP contribution in [0.15, 0.2) is 18.2 Å². The molecule has 0 spiro atoms. The highest BCUT2D eigenvalue weighted by Gasteiger charge is 2.11. The maximum atomic E-state index is 10.7. The van der Waals surface area contributed by atoms with Crippen LogP contribution in [0, 0.1) is 13.7 Å². The minimum Gasteiger partial charge on any atom is -0.372 e. The summed E-state index contributed by atoms with van der Waals surface area (Å²) in [5, 5.41) is 10.7. The predicted molar refractivity (Wildman–Crippen MR) is 69.4 cm³/mol. The van der Waals surface area contributed by atoms with Crippen LogP contribution in [0.4, 0.5) is 11.4 Å². The van der Waals surface area contributed by atoms with Crippen molar-refractivity contribution >= 4 is 34.0 Å². The third kappa shape index (κ3) is 3.05. The molecule has 0 saturated heterocycles. The van der Waals surface area contributed by atoms with Crippen LogP contribution in [0.25, 0.3) is 0 Å². The van der Waals surface area contributed by atoms with Crippen LogP contribution < -0.4 is 4.90 Å². The standard InChI is InChI=1S/C10H13IN2O2/c1-3-12(4-2)9-5-8(11)6-10(7-9)13(14)15/h5-7H,3-4H2,1-2H3. The fraction of sp³-hybridized carbons (Fsp3) is 0.400. The van der Waals surface area contributed by atoms with Crippen LogP contribution in [-0.2, 0) is 0 Å². The summed E-state index contributed by atoms with van der Waals surface area (Å²) in [7, 11) is 0. The summed E-state index contributed by atoms with van der Waals surface area (Å²) >= 11 is 2.10. The highest BCUT2D eigenvalue weighted by atomic mass is 127. The first-order valence-corrected chi connectivity index (χ1v) is 5.86. The number of non-ortho nitro benzene ring substituents is 1. The van der Waals surface area contributed by atoms with E-state index in [0.717, 1.165) is 22.3 Å². The second-order valence-corrected chi connectivity index (χ2v) is 4.34. The van der Waals surface area contributed by atoms with Crippen LogP contribution in [0.3, 0.4) is 0 Å². The molecular formula is C10H13IN2O2. The van der Waals surface area contributed by atoms with E-state index in [4.69, 9.17) is 0 Å². The molecule has 1 rings (SSSR count). The van der Waals surface area contributed by atoms with Gasteiger partial charge in [-0.1, -0.05) is 0 Å². The molecule has 4 nitrogen and oxygen atoms in total. The fourth-order valence-electron chi connectivity index (χ4n) is 1.44. The van der Waals surface area contributed by atoms with Crippen molar-refractivity contribution in [3.63, 3.8) is 0 Å². The summed E-state index contributed by atoms with van der Waals surface area (Å²) in [6, 6.07) is 5.16. The first-order valence-electron chi connectivity index (χ1n) is 4.78. The minimum absolute atomic E-state index is 0.156. The van der Waals surface area contributed by atoms with Gasteiger partial charge in [0.1, 0.15) is 0 Å². The molecule has 0 saturated carbocycles. The molecule has 0 aliphatic carbocycles. The number of benzene rings is 1. The van der Waals surface area contributed by atoms with Gasteiger partial charge in [-0.3, -0.25) is 10.1 Å². The summed E-state index contributed by atoms with van der Waals surface area (Å²) in [6.45, 7) is 5.78. The number of nitro groups is 1. The number of rotatable bonds is 4. The van der Waals surface area contributed by atoms with Gasteiger partial charge in [0.15, 0.2) is 0 Å². The Morgan fingerprint density at radius 3 is 2.40 bits per heavy atom. The number of nitrogens with zero attached hydrogens (tertiary/aromatic N) is 2. The molecule has 0 aromatic heterocycles. The number of hydrogen-bond donors (Lipinski definition) is 0. The molecule has 5 heteroatoms. The van der Waals surface area contributed by atoms with Gasteiger partial charge in [-0.2, -0.15) is 0 Å². The largest absolute Gasteiger partial charge is 0.372 e. The second-order valence-electron chi connectivity index (χ2n) is 3.10. The lowest BCUT2D eigenvalue weighted by Gasteiger charge is -2.20. The summed E-state index contributed by atoms with van der Waals surface area (Å²) in [5.74, 6) is 0. The average molecular weight is 320 g/mol. The summed E-state index contributed by atoms with van der Waals surface area (Å²) < 4.78 is 0.892.